The van der Waals surface area contributed by atoms with Crippen molar-refractivity contribution in [2.75, 3.05) is 26.4 Å². The van der Waals surface area contributed by atoms with E-state index in [4.69, 9.17) is 19.6 Å². The van der Waals surface area contributed by atoms with Crippen molar-refractivity contribution < 1.29 is 23.8 Å². The molecule has 0 spiro atoms. The highest BCUT2D eigenvalue weighted by atomic mass is 79.9. The number of hydrogen-bond donors (Lipinski definition) is 3. The van der Waals surface area contributed by atoms with Gasteiger partial charge in [-0.1, -0.05) is 82.7 Å². The summed E-state index contributed by atoms with van der Waals surface area (Å²) in [6.45, 7) is -0.219. The van der Waals surface area contributed by atoms with E-state index >= 15 is 0 Å². The lowest BCUT2D eigenvalue weighted by Gasteiger charge is -2.31. The van der Waals surface area contributed by atoms with Gasteiger partial charge in [0.05, 0.1) is 6.61 Å². The number of rotatable bonds is 13. The zero-order valence-corrected chi connectivity index (χ0v) is 25.1. The molecule has 3 N–H and O–H groups in total. The third-order valence-corrected chi connectivity index (χ3v) is 7.69. The number of aliphatic hydroxyl groups excluding tert-OH is 1. The fourth-order valence-corrected chi connectivity index (χ4v) is 5.24. The molecular weight excluding hydrogens is 613 g/mol. The van der Waals surface area contributed by atoms with Crippen molar-refractivity contribution in [2.24, 2.45) is 4.99 Å². The van der Waals surface area contributed by atoms with Gasteiger partial charge in [-0.3, -0.25) is 10.2 Å². The number of carbonyl (C=O) groups excluding carboxylic acids is 1. The van der Waals surface area contributed by atoms with Crippen LogP contribution in [0.4, 0.5) is 4.39 Å². The number of halogens is 2. The van der Waals surface area contributed by atoms with Crippen molar-refractivity contribution in [2.45, 2.75) is 24.5 Å². The summed E-state index contributed by atoms with van der Waals surface area (Å²) in [4.78, 5) is 19.0. The summed E-state index contributed by atoms with van der Waals surface area (Å²) in [6, 6.07) is 33.0. The first-order valence-corrected chi connectivity index (χ1v) is 14.9. The van der Waals surface area contributed by atoms with Gasteiger partial charge >= 0.3 is 0 Å². The zero-order valence-electron chi connectivity index (χ0n) is 23.5. The maximum absolute atomic E-state index is 14.0. The fourth-order valence-electron chi connectivity index (χ4n) is 4.97. The SMILES string of the molecule is O=C(NNCCF)[C@@]1(Cc2ccc(Br)cc2)N=C(c2ccc(OCCCO)cc2)O[C@H]1c1ccc(-c2ccccc2)cc1. The van der Waals surface area contributed by atoms with Crippen LogP contribution in [0.3, 0.4) is 0 Å². The average Bonchev–Trinajstić information content (AvgIpc) is 3.43. The van der Waals surface area contributed by atoms with E-state index in [0.29, 0.717) is 30.2 Å². The van der Waals surface area contributed by atoms with Crippen LogP contribution in [-0.4, -0.2) is 48.9 Å². The highest BCUT2D eigenvalue weighted by Gasteiger charge is 2.53. The topological polar surface area (TPSA) is 92.2 Å². The molecule has 1 aliphatic heterocycles. The van der Waals surface area contributed by atoms with Gasteiger partial charge in [0, 0.05) is 36.0 Å². The Labute approximate surface area is 258 Å². The van der Waals surface area contributed by atoms with Crippen LogP contribution in [0.15, 0.2) is 113 Å². The molecule has 1 heterocycles. The molecule has 0 saturated carbocycles. The Balaban J connectivity index is 1.54. The minimum absolute atomic E-state index is 0.0360. The Morgan fingerprint density at radius 1 is 0.930 bits per heavy atom. The molecule has 4 aromatic rings. The lowest BCUT2D eigenvalue weighted by molar-refractivity contribution is -0.130. The Bertz CT molecular complexity index is 1520. The van der Waals surface area contributed by atoms with Crippen LogP contribution in [0.2, 0.25) is 0 Å². The lowest BCUT2D eigenvalue weighted by Crippen LogP contribution is -2.54. The number of hydrazine groups is 1. The van der Waals surface area contributed by atoms with Gasteiger partial charge in [0.2, 0.25) is 5.90 Å². The Morgan fingerprint density at radius 2 is 1.60 bits per heavy atom. The van der Waals surface area contributed by atoms with E-state index in [1.54, 1.807) is 12.1 Å². The van der Waals surface area contributed by atoms with E-state index in [0.717, 1.165) is 26.7 Å². The van der Waals surface area contributed by atoms with Crippen LogP contribution in [0.25, 0.3) is 11.1 Å². The zero-order chi connectivity index (χ0) is 30.1. The largest absolute Gasteiger partial charge is 0.494 e. The summed E-state index contributed by atoms with van der Waals surface area (Å²) in [7, 11) is 0. The second-order valence-corrected chi connectivity index (χ2v) is 11.1. The molecule has 43 heavy (non-hydrogen) atoms. The maximum atomic E-state index is 14.0. The van der Waals surface area contributed by atoms with Gasteiger partial charge in [-0.15, -0.1) is 0 Å². The first-order valence-electron chi connectivity index (χ1n) is 14.1. The number of hydrogen-bond acceptors (Lipinski definition) is 6. The Kier molecular flexibility index (Phi) is 10.2. The van der Waals surface area contributed by atoms with Crippen LogP contribution >= 0.6 is 15.9 Å². The third kappa shape index (κ3) is 7.30. The molecule has 4 aromatic carbocycles. The average molecular weight is 647 g/mol. The predicted molar refractivity (Wildman–Crippen MR) is 169 cm³/mol. The molecule has 2 atom stereocenters. The van der Waals surface area contributed by atoms with Crippen molar-refractivity contribution >= 4 is 27.7 Å². The quantitative estimate of drug-likeness (QED) is 0.123. The van der Waals surface area contributed by atoms with E-state index in [1.165, 1.54) is 0 Å². The Morgan fingerprint density at radius 3 is 2.28 bits per heavy atom. The molecule has 0 fully saturated rings. The molecule has 5 rings (SSSR count). The molecule has 0 unspecified atom stereocenters. The second-order valence-electron chi connectivity index (χ2n) is 10.2. The number of nitrogens with zero attached hydrogens (tertiary/aromatic N) is 1. The number of carbonyl (C=O) groups is 1. The van der Waals surface area contributed by atoms with Crippen LogP contribution < -0.4 is 15.6 Å². The first kappa shape index (κ1) is 30.4. The van der Waals surface area contributed by atoms with Gasteiger partial charge in [-0.2, -0.15) is 0 Å². The maximum Gasteiger partial charge on any atom is 0.266 e. The van der Waals surface area contributed by atoms with Crippen molar-refractivity contribution in [1.29, 1.82) is 0 Å². The van der Waals surface area contributed by atoms with Gasteiger partial charge < -0.3 is 14.6 Å². The fraction of sp³-hybridized carbons (Fsp3) is 0.235. The van der Waals surface area contributed by atoms with Gasteiger partial charge in [0.1, 0.15) is 12.4 Å². The number of ether oxygens (including phenoxy) is 2. The summed E-state index contributed by atoms with van der Waals surface area (Å²) < 4.78 is 26.1. The molecule has 7 nitrogen and oxygen atoms in total. The Hall–Kier alpha value is -4.05. The molecule has 9 heteroatoms. The molecule has 0 radical (unpaired) electrons. The smallest absolute Gasteiger partial charge is 0.266 e. The summed E-state index contributed by atoms with van der Waals surface area (Å²) in [6.07, 6.45) is -0.00376. The van der Waals surface area contributed by atoms with Gasteiger partial charge in [-0.25, -0.2) is 14.8 Å². The third-order valence-electron chi connectivity index (χ3n) is 7.16. The lowest BCUT2D eigenvalue weighted by atomic mass is 9.82. The van der Waals surface area contributed by atoms with Gasteiger partial charge in [-0.05, 0) is 58.7 Å². The summed E-state index contributed by atoms with van der Waals surface area (Å²) >= 11 is 3.48. The van der Waals surface area contributed by atoms with Crippen LogP contribution in [0, 0.1) is 0 Å². The highest BCUT2D eigenvalue weighted by Crippen LogP contribution is 2.43. The minimum atomic E-state index is -1.41. The summed E-state index contributed by atoms with van der Waals surface area (Å²) in [5, 5.41) is 9.03. The molecule has 0 aromatic heterocycles. The number of alkyl halides is 1. The van der Waals surface area contributed by atoms with Gasteiger partial charge in [0.25, 0.3) is 5.91 Å². The van der Waals surface area contributed by atoms with E-state index in [2.05, 4.69) is 26.8 Å². The van der Waals surface area contributed by atoms with E-state index < -0.39 is 24.2 Å². The van der Waals surface area contributed by atoms with Crippen molar-refractivity contribution in [3.05, 3.63) is 124 Å². The molecule has 0 aliphatic carbocycles. The van der Waals surface area contributed by atoms with Crippen molar-refractivity contribution in [3.63, 3.8) is 0 Å². The van der Waals surface area contributed by atoms with E-state index in [1.807, 2.05) is 91.0 Å². The summed E-state index contributed by atoms with van der Waals surface area (Å²) in [5.74, 6) is 0.537. The molecular formula is C34H33BrFN3O4. The van der Waals surface area contributed by atoms with Crippen molar-refractivity contribution in [1.82, 2.24) is 10.9 Å². The van der Waals surface area contributed by atoms with Gasteiger partial charge in [0.15, 0.2) is 11.6 Å². The summed E-state index contributed by atoms with van der Waals surface area (Å²) in [5.41, 5.74) is 8.41. The predicted octanol–water partition coefficient (Wildman–Crippen LogP) is 5.97. The molecule has 0 saturated heterocycles. The first-order chi connectivity index (χ1) is 21.0. The van der Waals surface area contributed by atoms with Crippen LogP contribution in [-0.2, 0) is 16.0 Å². The number of nitrogens with one attached hydrogen (secondary N) is 2. The number of aliphatic hydroxyl groups is 1. The van der Waals surface area contributed by atoms with Crippen LogP contribution in [0.5, 0.6) is 5.75 Å². The number of amides is 1. The molecule has 0 bridgehead atoms. The highest BCUT2D eigenvalue weighted by molar-refractivity contribution is 9.10. The second kappa shape index (κ2) is 14.4. The number of benzene rings is 4. The van der Waals surface area contributed by atoms with Crippen LogP contribution in [0.1, 0.15) is 29.2 Å². The van der Waals surface area contributed by atoms with E-state index in [-0.39, 0.29) is 19.6 Å². The monoisotopic (exact) mass is 645 g/mol. The normalized spacial score (nSPS) is 17.7. The van der Waals surface area contributed by atoms with Crippen molar-refractivity contribution in [3.8, 4) is 16.9 Å². The molecule has 222 valence electrons. The molecule has 1 aliphatic rings. The minimum Gasteiger partial charge on any atom is -0.494 e. The standard InChI is InChI=1S/C34H33BrFN3O4/c35-29-15-7-24(8-16-29)23-34(33(41)39-37-20-19-36)31(27-11-9-26(10-12-27)25-5-2-1-3-6-25)43-32(38-34)28-13-17-30(18-14-28)42-22-4-21-40/h1-3,5-18,31,37,40H,4,19-23H2,(H,39,41)/t31-,34-/m0/s1. The number of aliphatic imine (C=N–C) groups is 1. The van der Waals surface area contributed by atoms with E-state index in [9.17, 15) is 9.18 Å². The molecule has 1 amide bonds.